The van der Waals surface area contributed by atoms with Crippen LogP contribution in [0.3, 0.4) is 0 Å². The first-order chi connectivity index (χ1) is 18.6. The smallest absolute Gasteiger partial charge is 0.268 e. The number of fused-ring (bicyclic) bond motifs is 2. The summed E-state index contributed by atoms with van der Waals surface area (Å²) in [5.41, 5.74) is 2.86. The van der Waals surface area contributed by atoms with Crippen molar-refractivity contribution >= 4 is 46.1 Å². The van der Waals surface area contributed by atoms with Gasteiger partial charge in [-0.25, -0.2) is 0 Å². The number of anilines is 1. The van der Waals surface area contributed by atoms with Crippen molar-refractivity contribution in [3.63, 3.8) is 0 Å². The summed E-state index contributed by atoms with van der Waals surface area (Å²) in [5, 5.41) is 3.57. The molecular weight excluding hydrogens is 496 g/mol. The van der Waals surface area contributed by atoms with Crippen molar-refractivity contribution in [2.75, 3.05) is 24.5 Å². The van der Waals surface area contributed by atoms with Gasteiger partial charge in [0.2, 0.25) is 5.91 Å². The molecule has 1 saturated heterocycles. The zero-order valence-corrected chi connectivity index (χ0v) is 21.6. The quantitative estimate of drug-likeness (QED) is 0.394. The molecule has 3 amide bonds. The highest BCUT2D eigenvalue weighted by molar-refractivity contribution is 7.99. The van der Waals surface area contributed by atoms with Gasteiger partial charge in [0.15, 0.2) is 0 Å². The summed E-state index contributed by atoms with van der Waals surface area (Å²) in [5.74, 6) is -0.735. The third kappa shape index (κ3) is 4.67. The fraction of sp³-hybridized carbons (Fsp3) is 0.233. The van der Waals surface area contributed by atoms with Gasteiger partial charge in [-0.05, 0) is 42.7 Å². The molecule has 6 rings (SSSR count). The Labute approximate surface area is 225 Å². The number of nitrogens with zero attached hydrogens (tertiary/aromatic N) is 2. The maximum absolute atomic E-state index is 14.3. The van der Waals surface area contributed by atoms with Crippen molar-refractivity contribution in [1.82, 2.24) is 15.2 Å². The first-order valence-electron chi connectivity index (χ1n) is 12.9. The van der Waals surface area contributed by atoms with Gasteiger partial charge in [-0.15, -0.1) is 11.8 Å². The zero-order chi connectivity index (χ0) is 26.1. The molecular formula is C30H28N4O3S. The number of para-hydroxylation sites is 2. The molecule has 1 aromatic heterocycles. The number of amides is 3. The number of hydrogen-bond acceptors (Lipinski definition) is 4. The van der Waals surface area contributed by atoms with Crippen molar-refractivity contribution < 1.29 is 14.4 Å². The molecule has 192 valence electrons. The lowest BCUT2D eigenvalue weighted by molar-refractivity contribution is -0.130. The normalized spacial score (nSPS) is 19.3. The highest BCUT2D eigenvalue weighted by Gasteiger charge is 2.40. The van der Waals surface area contributed by atoms with E-state index in [2.05, 4.69) is 10.3 Å². The van der Waals surface area contributed by atoms with Crippen LogP contribution in [0.1, 0.15) is 34.1 Å². The van der Waals surface area contributed by atoms with Crippen molar-refractivity contribution in [3.05, 3.63) is 96.2 Å². The summed E-state index contributed by atoms with van der Waals surface area (Å²) in [6.07, 6.45) is 1.96. The van der Waals surface area contributed by atoms with Crippen molar-refractivity contribution in [1.29, 1.82) is 0 Å². The average Bonchev–Trinajstić information content (AvgIpc) is 3.63. The number of benzene rings is 3. The standard InChI is InChI=1S/C30H28N4O3S/c35-26(33-16-8-9-17-33)19-34-24-14-6-7-15-25(24)38-28(20-10-2-1-3-11-20)27(30(34)37)32-29(36)23-18-21-12-4-5-13-22(21)31-23/h1-7,10-15,18,27-28,31H,8-9,16-17,19H2,(H,32,36)/t27-,28-/m0/s1. The maximum atomic E-state index is 14.3. The molecule has 3 aromatic carbocycles. The van der Waals surface area contributed by atoms with Gasteiger partial charge in [0, 0.05) is 28.9 Å². The first-order valence-corrected chi connectivity index (χ1v) is 13.7. The topological polar surface area (TPSA) is 85.5 Å². The lowest BCUT2D eigenvalue weighted by Gasteiger charge is -2.29. The minimum absolute atomic E-state index is 0.0589. The summed E-state index contributed by atoms with van der Waals surface area (Å²) >= 11 is 1.54. The molecule has 0 unspecified atom stereocenters. The first kappa shape index (κ1) is 24.3. The fourth-order valence-corrected chi connectivity index (χ4v) is 6.56. The van der Waals surface area contributed by atoms with Crippen LogP contribution in [0.15, 0.2) is 89.8 Å². The van der Waals surface area contributed by atoms with Crippen LogP contribution in [0.2, 0.25) is 0 Å². The Hall–Kier alpha value is -4.04. The van der Waals surface area contributed by atoms with E-state index >= 15 is 0 Å². The van der Waals surface area contributed by atoms with E-state index in [1.165, 1.54) is 11.8 Å². The molecule has 1 fully saturated rings. The van der Waals surface area contributed by atoms with Gasteiger partial charge in [0.1, 0.15) is 18.3 Å². The van der Waals surface area contributed by atoms with Crippen LogP contribution in [0.5, 0.6) is 0 Å². The monoisotopic (exact) mass is 524 g/mol. The second-order valence-corrected chi connectivity index (χ2v) is 10.8. The molecule has 7 nitrogen and oxygen atoms in total. The minimum atomic E-state index is -0.889. The highest BCUT2D eigenvalue weighted by Crippen LogP contribution is 2.45. The number of carbonyl (C=O) groups is 3. The zero-order valence-electron chi connectivity index (χ0n) is 20.8. The van der Waals surface area contributed by atoms with Gasteiger partial charge in [-0.1, -0.05) is 60.7 Å². The van der Waals surface area contributed by atoms with Crippen molar-refractivity contribution in [3.8, 4) is 0 Å². The molecule has 0 saturated carbocycles. The van der Waals surface area contributed by atoms with Crippen LogP contribution >= 0.6 is 11.8 Å². The number of likely N-dealkylation sites (tertiary alicyclic amines) is 1. The SMILES string of the molecule is O=C(N[C@@H]1C(=O)N(CC(=O)N2CCCC2)c2ccccc2S[C@H]1c1ccccc1)c1cc2ccccc2[nH]1. The van der Waals surface area contributed by atoms with Crippen LogP contribution in [0.4, 0.5) is 5.69 Å². The van der Waals surface area contributed by atoms with Gasteiger partial charge >= 0.3 is 0 Å². The average molecular weight is 525 g/mol. The lowest BCUT2D eigenvalue weighted by Crippen LogP contribution is -2.52. The molecule has 38 heavy (non-hydrogen) atoms. The summed E-state index contributed by atoms with van der Waals surface area (Å²) in [6.45, 7) is 1.37. The Morgan fingerprint density at radius 3 is 2.42 bits per heavy atom. The van der Waals surface area contributed by atoms with Gasteiger partial charge < -0.3 is 20.1 Å². The van der Waals surface area contributed by atoms with E-state index < -0.39 is 6.04 Å². The van der Waals surface area contributed by atoms with Crippen LogP contribution in [0.25, 0.3) is 10.9 Å². The molecule has 0 spiro atoms. The van der Waals surface area contributed by atoms with Crippen LogP contribution < -0.4 is 10.2 Å². The largest absolute Gasteiger partial charge is 0.351 e. The predicted molar refractivity (Wildman–Crippen MR) is 149 cm³/mol. The molecule has 2 atom stereocenters. The second kappa shape index (κ2) is 10.4. The van der Waals surface area contributed by atoms with E-state index in [-0.39, 0.29) is 29.5 Å². The number of carbonyl (C=O) groups excluding carboxylic acids is 3. The molecule has 3 heterocycles. The number of nitrogens with one attached hydrogen (secondary N) is 2. The highest BCUT2D eigenvalue weighted by atomic mass is 32.2. The Kier molecular flexibility index (Phi) is 6.64. The molecule has 0 radical (unpaired) electrons. The van der Waals surface area contributed by atoms with E-state index in [9.17, 15) is 14.4 Å². The van der Waals surface area contributed by atoms with E-state index in [0.717, 1.165) is 34.2 Å². The summed E-state index contributed by atoms with van der Waals surface area (Å²) < 4.78 is 0. The number of aromatic amines is 1. The van der Waals surface area contributed by atoms with Gasteiger partial charge in [0.05, 0.1) is 10.9 Å². The summed E-state index contributed by atoms with van der Waals surface area (Å²) in [6, 6.07) is 26.0. The Morgan fingerprint density at radius 1 is 0.921 bits per heavy atom. The van der Waals surface area contributed by atoms with E-state index in [1.807, 2.05) is 83.8 Å². The van der Waals surface area contributed by atoms with E-state index in [4.69, 9.17) is 0 Å². The van der Waals surface area contributed by atoms with Crippen molar-refractivity contribution in [2.45, 2.75) is 29.0 Å². The molecule has 2 aliphatic rings. The molecule has 2 N–H and O–H groups in total. The van der Waals surface area contributed by atoms with E-state index in [0.29, 0.717) is 24.5 Å². The van der Waals surface area contributed by atoms with Crippen LogP contribution in [-0.2, 0) is 9.59 Å². The molecule has 4 aromatic rings. The number of H-pyrrole nitrogens is 1. The van der Waals surface area contributed by atoms with Crippen LogP contribution in [-0.4, -0.2) is 53.3 Å². The minimum Gasteiger partial charge on any atom is -0.351 e. The van der Waals surface area contributed by atoms with Gasteiger partial charge in [-0.2, -0.15) is 0 Å². The third-order valence-corrected chi connectivity index (χ3v) is 8.58. The van der Waals surface area contributed by atoms with E-state index in [1.54, 1.807) is 11.0 Å². The predicted octanol–water partition coefficient (Wildman–Crippen LogP) is 4.77. The second-order valence-electron chi connectivity index (χ2n) is 9.65. The summed E-state index contributed by atoms with van der Waals surface area (Å²) in [4.78, 5) is 48.5. The molecule has 8 heteroatoms. The maximum Gasteiger partial charge on any atom is 0.268 e. The van der Waals surface area contributed by atoms with Gasteiger partial charge in [-0.3, -0.25) is 14.4 Å². The molecule has 2 aliphatic heterocycles. The van der Waals surface area contributed by atoms with Gasteiger partial charge in [0.25, 0.3) is 11.8 Å². The molecule has 0 aliphatic carbocycles. The summed E-state index contributed by atoms with van der Waals surface area (Å²) in [7, 11) is 0. The third-order valence-electron chi connectivity index (χ3n) is 7.19. The lowest BCUT2D eigenvalue weighted by atomic mass is 10.0. The number of aromatic nitrogens is 1. The Bertz CT molecular complexity index is 1460. The van der Waals surface area contributed by atoms with Crippen molar-refractivity contribution in [2.24, 2.45) is 0 Å². The Balaban J connectivity index is 1.38. The fourth-order valence-electron chi connectivity index (χ4n) is 5.22. The van der Waals surface area contributed by atoms with Crippen LogP contribution in [0, 0.1) is 0 Å². The number of thioether (sulfide) groups is 1. The number of hydrogen-bond donors (Lipinski definition) is 2. The molecule has 0 bridgehead atoms. The number of rotatable bonds is 5. The Morgan fingerprint density at radius 2 is 1.63 bits per heavy atom.